The summed E-state index contributed by atoms with van der Waals surface area (Å²) >= 11 is 0. The van der Waals surface area contributed by atoms with Crippen LogP contribution in [0.4, 0.5) is 0 Å². The number of amides is 1. The Hall–Kier alpha value is -1.84. The minimum atomic E-state index is -0.938. The molecule has 1 aliphatic rings. The van der Waals surface area contributed by atoms with Crippen LogP contribution in [0.1, 0.15) is 48.0 Å². The van der Waals surface area contributed by atoms with Crippen molar-refractivity contribution in [2.24, 2.45) is 0 Å². The molecule has 102 valence electrons. The first kappa shape index (κ1) is 13.6. The van der Waals surface area contributed by atoms with Gasteiger partial charge in [0.15, 0.2) is 0 Å². The van der Waals surface area contributed by atoms with E-state index in [4.69, 9.17) is 5.11 Å². The van der Waals surface area contributed by atoms with Gasteiger partial charge < -0.3 is 10.4 Å². The predicted molar refractivity (Wildman–Crippen MR) is 72.1 cm³/mol. The molecule has 19 heavy (non-hydrogen) atoms. The van der Waals surface area contributed by atoms with Gasteiger partial charge in [0.1, 0.15) is 0 Å². The highest BCUT2D eigenvalue weighted by molar-refractivity contribution is 5.89. The SMILES string of the molecule is O=C(CCc1ccccc1C(=O)O)NC1CCCC1. The molecule has 1 aromatic carbocycles. The van der Waals surface area contributed by atoms with Crippen LogP contribution in [-0.2, 0) is 11.2 Å². The van der Waals surface area contributed by atoms with Gasteiger partial charge in [0, 0.05) is 12.5 Å². The Kier molecular flexibility index (Phi) is 4.55. The number of benzene rings is 1. The lowest BCUT2D eigenvalue weighted by Crippen LogP contribution is -2.32. The molecule has 1 aromatic rings. The van der Waals surface area contributed by atoms with E-state index < -0.39 is 5.97 Å². The molecule has 0 bridgehead atoms. The molecule has 1 amide bonds. The molecule has 0 heterocycles. The van der Waals surface area contributed by atoms with Crippen molar-refractivity contribution in [3.63, 3.8) is 0 Å². The quantitative estimate of drug-likeness (QED) is 0.855. The zero-order chi connectivity index (χ0) is 13.7. The summed E-state index contributed by atoms with van der Waals surface area (Å²) in [7, 11) is 0. The van der Waals surface area contributed by atoms with Gasteiger partial charge >= 0.3 is 5.97 Å². The number of aromatic carboxylic acids is 1. The fourth-order valence-corrected chi connectivity index (χ4v) is 2.57. The first-order valence-corrected chi connectivity index (χ1v) is 6.77. The summed E-state index contributed by atoms with van der Waals surface area (Å²) in [4.78, 5) is 22.8. The number of carboxylic acids is 1. The first-order chi connectivity index (χ1) is 9.16. The van der Waals surface area contributed by atoms with E-state index >= 15 is 0 Å². The van der Waals surface area contributed by atoms with Crippen LogP contribution in [0, 0.1) is 0 Å². The largest absolute Gasteiger partial charge is 0.478 e. The molecule has 0 spiro atoms. The molecule has 4 heteroatoms. The number of carbonyl (C=O) groups excluding carboxylic acids is 1. The van der Waals surface area contributed by atoms with Crippen LogP contribution in [0.25, 0.3) is 0 Å². The number of hydrogen-bond donors (Lipinski definition) is 2. The molecule has 1 saturated carbocycles. The normalized spacial score (nSPS) is 15.4. The minimum Gasteiger partial charge on any atom is -0.478 e. The van der Waals surface area contributed by atoms with E-state index in [2.05, 4.69) is 5.32 Å². The van der Waals surface area contributed by atoms with Crippen LogP contribution in [0.15, 0.2) is 24.3 Å². The third-order valence-electron chi connectivity index (χ3n) is 3.59. The van der Waals surface area contributed by atoms with Crippen molar-refractivity contribution in [1.29, 1.82) is 0 Å². The molecule has 0 radical (unpaired) electrons. The van der Waals surface area contributed by atoms with E-state index in [-0.39, 0.29) is 11.5 Å². The van der Waals surface area contributed by atoms with Gasteiger partial charge in [-0.25, -0.2) is 4.79 Å². The van der Waals surface area contributed by atoms with Gasteiger partial charge in [-0.05, 0) is 30.9 Å². The van der Waals surface area contributed by atoms with Crippen LogP contribution in [0.5, 0.6) is 0 Å². The van der Waals surface area contributed by atoms with Gasteiger partial charge in [0.05, 0.1) is 5.56 Å². The summed E-state index contributed by atoms with van der Waals surface area (Å²) in [6.07, 6.45) is 5.33. The van der Waals surface area contributed by atoms with E-state index in [1.54, 1.807) is 24.3 Å². The minimum absolute atomic E-state index is 0.0205. The van der Waals surface area contributed by atoms with Gasteiger partial charge in [-0.2, -0.15) is 0 Å². The van der Waals surface area contributed by atoms with Gasteiger partial charge in [0.25, 0.3) is 0 Å². The molecule has 4 nitrogen and oxygen atoms in total. The maximum atomic E-state index is 11.8. The maximum absolute atomic E-state index is 11.8. The monoisotopic (exact) mass is 261 g/mol. The summed E-state index contributed by atoms with van der Waals surface area (Å²) < 4.78 is 0. The lowest BCUT2D eigenvalue weighted by Gasteiger charge is -2.12. The average molecular weight is 261 g/mol. The summed E-state index contributed by atoms with van der Waals surface area (Å²) in [5.41, 5.74) is 1.01. The van der Waals surface area contributed by atoms with Crippen LogP contribution in [0.2, 0.25) is 0 Å². The number of rotatable bonds is 5. The Bertz CT molecular complexity index is 464. The second kappa shape index (κ2) is 6.36. The average Bonchev–Trinajstić information content (AvgIpc) is 2.89. The van der Waals surface area contributed by atoms with Gasteiger partial charge in [-0.1, -0.05) is 31.0 Å². The second-order valence-electron chi connectivity index (χ2n) is 5.01. The van der Waals surface area contributed by atoms with E-state index in [1.807, 2.05) is 0 Å². The van der Waals surface area contributed by atoms with Crippen molar-refractivity contribution in [2.75, 3.05) is 0 Å². The van der Waals surface area contributed by atoms with Crippen LogP contribution >= 0.6 is 0 Å². The molecule has 2 N–H and O–H groups in total. The smallest absolute Gasteiger partial charge is 0.335 e. The highest BCUT2D eigenvalue weighted by atomic mass is 16.4. The molecule has 0 unspecified atom stereocenters. The molecule has 2 rings (SSSR count). The molecular weight excluding hydrogens is 242 g/mol. The first-order valence-electron chi connectivity index (χ1n) is 6.77. The van der Waals surface area contributed by atoms with Gasteiger partial charge in [-0.15, -0.1) is 0 Å². The zero-order valence-corrected chi connectivity index (χ0v) is 10.9. The summed E-state index contributed by atoms with van der Waals surface area (Å²) in [6.45, 7) is 0. The molecule has 0 saturated heterocycles. The highest BCUT2D eigenvalue weighted by Gasteiger charge is 2.17. The van der Waals surface area contributed by atoms with Crippen molar-refractivity contribution >= 4 is 11.9 Å². The Morgan fingerprint density at radius 2 is 1.89 bits per heavy atom. The Labute approximate surface area is 112 Å². The lowest BCUT2D eigenvalue weighted by atomic mass is 10.0. The third-order valence-corrected chi connectivity index (χ3v) is 3.59. The second-order valence-corrected chi connectivity index (χ2v) is 5.01. The molecule has 1 fully saturated rings. The standard InChI is InChI=1S/C15H19NO3/c17-14(16-12-6-2-3-7-12)10-9-11-5-1-4-8-13(11)15(18)19/h1,4-5,8,12H,2-3,6-7,9-10H2,(H,16,17)(H,18,19). The van der Waals surface area contributed by atoms with Gasteiger partial charge in [0.2, 0.25) is 5.91 Å². The molecular formula is C15H19NO3. The Balaban J connectivity index is 1.87. The lowest BCUT2D eigenvalue weighted by molar-refractivity contribution is -0.121. The fraction of sp³-hybridized carbons (Fsp3) is 0.467. The summed E-state index contributed by atoms with van der Waals surface area (Å²) in [5.74, 6) is -0.918. The number of nitrogens with one attached hydrogen (secondary N) is 1. The Morgan fingerprint density at radius 3 is 2.58 bits per heavy atom. The fourth-order valence-electron chi connectivity index (χ4n) is 2.57. The molecule has 1 aliphatic carbocycles. The maximum Gasteiger partial charge on any atom is 0.335 e. The number of carboxylic acid groups (broad SMARTS) is 1. The van der Waals surface area contributed by atoms with E-state index in [0.717, 1.165) is 18.4 Å². The van der Waals surface area contributed by atoms with E-state index in [1.165, 1.54) is 12.8 Å². The van der Waals surface area contributed by atoms with Crippen LogP contribution in [-0.4, -0.2) is 23.0 Å². The molecule has 0 atom stereocenters. The predicted octanol–water partition coefficient (Wildman–Crippen LogP) is 2.38. The summed E-state index contributed by atoms with van der Waals surface area (Å²) in [5, 5.41) is 12.1. The van der Waals surface area contributed by atoms with Crippen molar-refractivity contribution in [1.82, 2.24) is 5.32 Å². The zero-order valence-electron chi connectivity index (χ0n) is 10.9. The van der Waals surface area contributed by atoms with E-state index in [0.29, 0.717) is 18.9 Å². The van der Waals surface area contributed by atoms with Crippen molar-refractivity contribution in [3.05, 3.63) is 35.4 Å². The Morgan fingerprint density at radius 1 is 1.21 bits per heavy atom. The number of carbonyl (C=O) groups is 2. The molecule has 0 aromatic heterocycles. The van der Waals surface area contributed by atoms with Crippen LogP contribution < -0.4 is 5.32 Å². The van der Waals surface area contributed by atoms with Crippen molar-refractivity contribution < 1.29 is 14.7 Å². The van der Waals surface area contributed by atoms with Crippen LogP contribution in [0.3, 0.4) is 0 Å². The summed E-state index contributed by atoms with van der Waals surface area (Å²) in [6, 6.07) is 7.17. The number of hydrogen-bond acceptors (Lipinski definition) is 2. The molecule has 0 aliphatic heterocycles. The third kappa shape index (κ3) is 3.81. The van der Waals surface area contributed by atoms with E-state index in [9.17, 15) is 9.59 Å². The number of aryl methyl sites for hydroxylation is 1. The van der Waals surface area contributed by atoms with Gasteiger partial charge in [-0.3, -0.25) is 4.79 Å². The van der Waals surface area contributed by atoms with Crippen molar-refractivity contribution in [2.45, 2.75) is 44.6 Å². The highest BCUT2D eigenvalue weighted by Crippen LogP contribution is 2.18. The van der Waals surface area contributed by atoms with Crippen molar-refractivity contribution in [3.8, 4) is 0 Å². The topological polar surface area (TPSA) is 66.4 Å².